The third kappa shape index (κ3) is 4.93. The first-order valence-corrected chi connectivity index (χ1v) is 7.90. The predicted octanol–water partition coefficient (Wildman–Crippen LogP) is 3.73. The summed E-state index contributed by atoms with van der Waals surface area (Å²) >= 11 is 5.86. The van der Waals surface area contributed by atoms with Crippen molar-refractivity contribution in [1.82, 2.24) is 0 Å². The fourth-order valence-electron chi connectivity index (χ4n) is 2.02. The van der Waals surface area contributed by atoms with Crippen LogP contribution < -0.4 is 10.2 Å². The average Bonchev–Trinajstić information content (AvgIpc) is 2.57. The molecule has 2 rings (SSSR count). The van der Waals surface area contributed by atoms with Crippen LogP contribution in [-0.2, 0) is 9.53 Å². The lowest BCUT2D eigenvalue weighted by molar-refractivity contribution is -0.123. The van der Waals surface area contributed by atoms with Crippen molar-refractivity contribution < 1.29 is 18.7 Å². The van der Waals surface area contributed by atoms with Gasteiger partial charge in [-0.3, -0.25) is 4.79 Å². The number of hydrogen-bond donors (Lipinski definition) is 1. The van der Waals surface area contributed by atoms with Gasteiger partial charge >= 0.3 is 5.97 Å². The number of nitrogens with zero attached hydrogens (tertiary/aromatic N) is 1. The summed E-state index contributed by atoms with van der Waals surface area (Å²) < 4.78 is 18.2. The molecule has 2 aromatic carbocycles. The normalized spacial score (nSPS) is 11.6. The summed E-state index contributed by atoms with van der Waals surface area (Å²) in [5.41, 5.74) is 1.42. The zero-order chi connectivity index (χ0) is 18.6. The number of carbonyl (C=O) groups excluding carboxylic acids is 2. The van der Waals surface area contributed by atoms with Gasteiger partial charge < -0.3 is 15.0 Å². The predicted molar refractivity (Wildman–Crippen MR) is 95.7 cm³/mol. The van der Waals surface area contributed by atoms with Crippen LogP contribution in [0.2, 0.25) is 5.02 Å². The molecule has 0 heterocycles. The van der Waals surface area contributed by atoms with Crippen molar-refractivity contribution in [2.24, 2.45) is 0 Å². The van der Waals surface area contributed by atoms with E-state index < -0.39 is 23.8 Å². The maximum absolute atomic E-state index is 13.0. The number of anilines is 2. The van der Waals surface area contributed by atoms with Gasteiger partial charge in [0.25, 0.3) is 5.91 Å². The van der Waals surface area contributed by atoms with Crippen LogP contribution in [0.4, 0.5) is 15.8 Å². The average molecular weight is 365 g/mol. The first-order chi connectivity index (χ1) is 11.8. The van der Waals surface area contributed by atoms with Crippen molar-refractivity contribution >= 4 is 34.9 Å². The molecule has 0 saturated heterocycles. The standard InChI is InChI=1S/C18H18ClFN2O3/c1-11(17(23)21-16-8-7-13(20)10-15(16)19)25-18(24)12-5-4-6-14(9-12)22(2)3/h4-11H,1-3H3,(H,21,23)/t11-/m1/s1. The van der Waals surface area contributed by atoms with E-state index in [4.69, 9.17) is 16.3 Å². The molecule has 0 aromatic heterocycles. The van der Waals surface area contributed by atoms with Crippen LogP contribution in [0.25, 0.3) is 0 Å². The molecule has 0 fully saturated rings. The van der Waals surface area contributed by atoms with Gasteiger partial charge in [-0.05, 0) is 43.3 Å². The second-order valence-corrected chi connectivity index (χ2v) is 6.01. The molecule has 132 valence electrons. The van der Waals surface area contributed by atoms with E-state index in [-0.39, 0.29) is 10.7 Å². The van der Waals surface area contributed by atoms with Crippen LogP contribution in [0.1, 0.15) is 17.3 Å². The fourth-order valence-corrected chi connectivity index (χ4v) is 2.23. The number of benzene rings is 2. The van der Waals surface area contributed by atoms with Crippen LogP contribution in [0, 0.1) is 5.82 Å². The second kappa shape index (κ2) is 7.98. The first kappa shape index (κ1) is 18.7. The number of rotatable bonds is 5. The van der Waals surface area contributed by atoms with E-state index in [2.05, 4.69) is 5.32 Å². The lowest BCUT2D eigenvalue weighted by Gasteiger charge is -2.16. The Balaban J connectivity index is 2.03. The molecule has 0 radical (unpaired) electrons. The van der Waals surface area contributed by atoms with Crippen LogP contribution >= 0.6 is 11.6 Å². The number of esters is 1. The maximum Gasteiger partial charge on any atom is 0.338 e. The highest BCUT2D eigenvalue weighted by atomic mass is 35.5. The number of ether oxygens (including phenoxy) is 1. The van der Waals surface area contributed by atoms with Crippen LogP contribution in [0.15, 0.2) is 42.5 Å². The largest absolute Gasteiger partial charge is 0.449 e. The number of amides is 1. The molecule has 0 spiro atoms. The van der Waals surface area contributed by atoms with Crippen molar-refractivity contribution in [3.05, 3.63) is 58.9 Å². The highest BCUT2D eigenvalue weighted by molar-refractivity contribution is 6.33. The molecule has 25 heavy (non-hydrogen) atoms. The fraction of sp³-hybridized carbons (Fsp3) is 0.222. The molecule has 0 aliphatic heterocycles. The summed E-state index contributed by atoms with van der Waals surface area (Å²) in [5, 5.41) is 2.56. The minimum absolute atomic E-state index is 0.0607. The van der Waals surface area contributed by atoms with E-state index >= 15 is 0 Å². The molecule has 0 bridgehead atoms. The highest BCUT2D eigenvalue weighted by Crippen LogP contribution is 2.23. The zero-order valence-electron chi connectivity index (χ0n) is 14.0. The summed E-state index contributed by atoms with van der Waals surface area (Å²) in [7, 11) is 3.71. The molecule has 0 aliphatic rings. The van der Waals surface area contributed by atoms with Crippen LogP contribution in [0.3, 0.4) is 0 Å². The molecule has 0 saturated carbocycles. The Morgan fingerprint density at radius 1 is 1.20 bits per heavy atom. The third-order valence-corrected chi connectivity index (χ3v) is 3.75. The summed E-state index contributed by atoms with van der Waals surface area (Å²) in [5.74, 6) is -1.69. The van der Waals surface area contributed by atoms with Crippen molar-refractivity contribution in [2.45, 2.75) is 13.0 Å². The summed E-state index contributed by atoms with van der Waals surface area (Å²) in [4.78, 5) is 26.2. The summed E-state index contributed by atoms with van der Waals surface area (Å²) in [6, 6.07) is 10.5. The van der Waals surface area contributed by atoms with E-state index in [0.717, 1.165) is 11.8 Å². The highest BCUT2D eigenvalue weighted by Gasteiger charge is 2.20. The van der Waals surface area contributed by atoms with E-state index in [9.17, 15) is 14.0 Å². The lowest BCUT2D eigenvalue weighted by atomic mass is 10.2. The van der Waals surface area contributed by atoms with Gasteiger partial charge in [-0.1, -0.05) is 17.7 Å². The van der Waals surface area contributed by atoms with Gasteiger partial charge in [0.05, 0.1) is 16.3 Å². The van der Waals surface area contributed by atoms with Crippen LogP contribution in [-0.4, -0.2) is 32.1 Å². The monoisotopic (exact) mass is 364 g/mol. The van der Waals surface area contributed by atoms with Gasteiger partial charge in [0.2, 0.25) is 0 Å². The smallest absolute Gasteiger partial charge is 0.338 e. The Morgan fingerprint density at radius 3 is 2.56 bits per heavy atom. The topological polar surface area (TPSA) is 58.6 Å². The van der Waals surface area contributed by atoms with E-state index in [1.54, 1.807) is 18.2 Å². The van der Waals surface area contributed by atoms with Gasteiger partial charge in [0.1, 0.15) is 5.82 Å². The number of carbonyl (C=O) groups is 2. The quantitative estimate of drug-likeness (QED) is 0.821. The Morgan fingerprint density at radius 2 is 1.92 bits per heavy atom. The summed E-state index contributed by atoms with van der Waals surface area (Å²) in [6.45, 7) is 1.44. The molecule has 1 N–H and O–H groups in total. The van der Waals surface area contributed by atoms with Crippen molar-refractivity contribution in [3.8, 4) is 0 Å². The maximum atomic E-state index is 13.0. The number of halogens is 2. The minimum Gasteiger partial charge on any atom is -0.449 e. The molecule has 0 unspecified atom stereocenters. The van der Waals surface area contributed by atoms with Gasteiger partial charge in [0, 0.05) is 19.8 Å². The molecule has 0 aliphatic carbocycles. The molecule has 5 nitrogen and oxygen atoms in total. The van der Waals surface area contributed by atoms with Gasteiger partial charge in [-0.15, -0.1) is 0 Å². The summed E-state index contributed by atoms with van der Waals surface area (Å²) in [6.07, 6.45) is -1.04. The Bertz CT molecular complexity index is 796. The Kier molecular flexibility index (Phi) is 5.98. The Hall–Kier alpha value is -2.60. The molecular weight excluding hydrogens is 347 g/mol. The molecule has 7 heteroatoms. The number of hydrogen-bond acceptors (Lipinski definition) is 4. The van der Waals surface area contributed by atoms with Gasteiger partial charge in [0.15, 0.2) is 6.10 Å². The zero-order valence-corrected chi connectivity index (χ0v) is 14.8. The van der Waals surface area contributed by atoms with E-state index in [1.165, 1.54) is 19.1 Å². The van der Waals surface area contributed by atoms with Crippen LogP contribution in [0.5, 0.6) is 0 Å². The van der Waals surface area contributed by atoms with Crippen molar-refractivity contribution in [2.75, 3.05) is 24.3 Å². The molecular formula is C18H18ClFN2O3. The SMILES string of the molecule is C[C@@H](OC(=O)c1cccc(N(C)C)c1)C(=O)Nc1ccc(F)cc1Cl. The third-order valence-electron chi connectivity index (χ3n) is 3.44. The first-order valence-electron chi connectivity index (χ1n) is 7.52. The lowest BCUT2D eigenvalue weighted by Crippen LogP contribution is -2.30. The number of nitrogens with one attached hydrogen (secondary N) is 1. The molecule has 1 amide bonds. The van der Waals surface area contributed by atoms with E-state index in [0.29, 0.717) is 5.56 Å². The Labute approximate surface area is 150 Å². The minimum atomic E-state index is -1.04. The van der Waals surface area contributed by atoms with Gasteiger partial charge in [-0.25, -0.2) is 9.18 Å². The molecule has 1 atom stereocenters. The van der Waals surface area contributed by atoms with Gasteiger partial charge in [-0.2, -0.15) is 0 Å². The van der Waals surface area contributed by atoms with E-state index in [1.807, 2.05) is 25.1 Å². The molecule has 2 aromatic rings. The van der Waals surface area contributed by atoms with Crippen molar-refractivity contribution in [1.29, 1.82) is 0 Å². The van der Waals surface area contributed by atoms with Crippen molar-refractivity contribution in [3.63, 3.8) is 0 Å². The second-order valence-electron chi connectivity index (χ2n) is 5.61.